The van der Waals surface area contributed by atoms with Gasteiger partial charge in [0.1, 0.15) is 5.69 Å². The van der Waals surface area contributed by atoms with Gasteiger partial charge in [-0.3, -0.25) is 19.3 Å². The Kier molecular flexibility index (Phi) is 7.08. The first-order valence-electron chi connectivity index (χ1n) is 10.9. The van der Waals surface area contributed by atoms with Gasteiger partial charge in [0.15, 0.2) is 0 Å². The quantitative estimate of drug-likeness (QED) is 0.428. The van der Waals surface area contributed by atoms with E-state index in [0.717, 1.165) is 5.69 Å². The SMILES string of the molecule is Cc1cc(C(=O)Nc2cccc(C#Cc3cncc(C(=O)N=[S@](C)(=O)c4ccccc4)c3)c2)n(C)n1. The summed E-state index contributed by atoms with van der Waals surface area (Å²) < 4.78 is 18.4. The van der Waals surface area contributed by atoms with Crippen LogP contribution < -0.4 is 5.32 Å². The molecule has 0 spiro atoms. The third-order valence-electron chi connectivity index (χ3n) is 5.13. The molecule has 36 heavy (non-hydrogen) atoms. The Balaban J connectivity index is 1.52. The minimum atomic E-state index is -2.89. The van der Waals surface area contributed by atoms with Crippen molar-refractivity contribution >= 4 is 27.2 Å². The molecule has 2 aromatic heterocycles. The summed E-state index contributed by atoms with van der Waals surface area (Å²) in [6.45, 7) is 1.82. The Labute approximate surface area is 209 Å². The lowest BCUT2D eigenvalue weighted by Gasteiger charge is -2.05. The first-order valence-corrected chi connectivity index (χ1v) is 12.8. The molecule has 0 aliphatic heterocycles. The maximum absolute atomic E-state index is 12.9. The van der Waals surface area contributed by atoms with Gasteiger partial charge in [-0.25, -0.2) is 4.21 Å². The molecule has 1 N–H and O–H groups in total. The average Bonchev–Trinajstić information content (AvgIpc) is 3.21. The second kappa shape index (κ2) is 10.4. The van der Waals surface area contributed by atoms with Gasteiger partial charge in [-0.05, 0) is 49.4 Å². The Hall–Kier alpha value is -4.55. The maximum Gasteiger partial charge on any atom is 0.286 e. The number of carbonyl (C=O) groups is 2. The molecule has 2 aromatic carbocycles. The van der Waals surface area contributed by atoms with Crippen molar-refractivity contribution in [2.45, 2.75) is 11.8 Å². The van der Waals surface area contributed by atoms with Gasteiger partial charge < -0.3 is 5.32 Å². The zero-order valence-corrected chi connectivity index (χ0v) is 20.7. The third-order valence-corrected chi connectivity index (χ3v) is 6.79. The number of pyridine rings is 1. The van der Waals surface area contributed by atoms with Crippen LogP contribution in [-0.2, 0) is 16.8 Å². The predicted molar refractivity (Wildman–Crippen MR) is 138 cm³/mol. The van der Waals surface area contributed by atoms with E-state index in [1.54, 1.807) is 73.8 Å². The number of nitrogens with one attached hydrogen (secondary N) is 1. The first-order chi connectivity index (χ1) is 17.2. The Morgan fingerprint density at radius 2 is 1.72 bits per heavy atom. The molecule has 0 fully saturated rings. The van der Waals surface area contributed by atoms with E-state index >= 15 is 0 Å². The highest BCUT2D eigenvalue weighted by molar-refractivity contribution is 7.93. The molecule has 2 amide bonds. The zero-order valence-electron chi connectivity index (χ0n) is 19.9. The zero-order chi connectivity index (χ0) is 25.7. The number of anilines is 1. The third kappa shape index (κ3) is 5.92. The minimum absolute atomic E-state index is 0.194. The predicted octanol–water partition coefficient (Wildman–Crippen LogP) is 4.07. The van der Waals surface area contributed by atoms with Gasteiger partial charge in [0, 0.05) is 47.4 Å². The lowest BCUT2D eigenvalue weighted by Crippen LogP contribution is -2.16. The number of rotatable bonds is 4. The number of aromatic nitrogens is 3. The molecule has 0 saturated carbocycles. The Morgan fingerprint density at radius 1 is 0.972 bits per heavy atom. The van der Waals surface area contributed by atoms with Gasteiger partial charge in [-0.2, -0.15) is 9.46 Å². The topological polar surface area (TPSA) is 106 Å². The monoisotopic (exact) mass is 497 g/mol. The molecule has 8 nitrogen and oxygen atoms in total. The molecule has 0 bridgehead atoms. The summed E-state index contributed by atoms with van der Waals surface area (Å²) in [5, 5.41) is 7.04. The summed E-state index contributed by atoms with van der Waals surface area (Å²) >= 11 is 0. The molecule has 4 aromatic rings. The van der Waals surface area contributed by atoms with Crippen LogP contribution >= 0.6 is 0 Å². The summed E-state index contributed by atoms with van der Waals surface area (Å²) in [6.07, 6.45) is 4.33. The van der Waals surface area contributed by atoms with Crippen LogP contribution in [0.5, 0.6) is 0 Å². The van der Waals surface area contributed by atoms with Crippen LogP contribution in [0.15, 0.2) is 88.4 Å². The Bertz CT molecular complexity index is 1640. The highest BCUT2D eigenvalue weighted by Crippen LogP contribution is 2.14. The fraction of sp³-hybridized carbons (Fsp3) is 0.111. The number of amides is 2. The van der Waals surface area contributed by atoms with Crippen molar-refractivity contribution in [2.75, 3.05) is 11.6 Å². The second-order valence-corrected chi connectivity index (χ2v) is 10.3. The van der Waals surface area contributed by atoms with Crippen molar-refractivity contribution < 1.29 is 13.8 Å². The molecule has 1 atom stereocenters. The molecule has 2 heterocycles. The summed E-state index contributed by atoms with van der Waals surface area (Å²) in [4.78, 5) is 29.8. The van der Waals surface area contributed by atoms with Crippen molar-refractivity contribution in [2.24, 2.45) is 11.4 Å². The van der Waals surface area contributed by atoms with Crippen molar-refractivity contribution in [3.8, 4) is 11.8 Å². The fourth-order valence-corrected chi connectivity index (χ4v) is 4.59. The standard InChI is InChI=1S/C27H23N5O3S/c1-19-14-25(32(2)30-19)27(34)29-23-9-7-8-20(16-23)12-13-21-15-22(18-28-17-21)26(33)31-36(3,35)24-10-5-4-6-11-24/h4-11,14-18H,1-3H3,(H,29,34)/t36-/m1/s1. The first kappa shape index (κ1) is 24.6. The number of nitrogens with zero attached hydrogens (tertiary/aromatic N) is 4. The second-order valence-electron chi connectivity index (χ2n) is 8.05. The van der Waals surface area contributed by atoms with E-state index in [2.05, 4.69) is 31.6 Å². The number of aryl methyl sites for hydroxylation is 2. The molecule has 0 radical (unpaired) electrons. The van der Waals surface area contributed by atoms with Crippen LogP contribution in [0.1, 0.15) is 37.7 Å². The van der Waals surface area contributed by atoms with Gasteiger partial charge >= 0.3 is 0 Å². The molecule has 0 aliphatic rings. The molecule has 0 saturated heterocycles. The van der Waals surface area contributed by atoms with Gasteiger partial charge in [-0.15, -0.1) is 0 Å². The van der Waals surface area contributed by atoms with Crippen molar-refractivity contribution in [1.82, 2.24) is 14.8 Å². The van der Waals surface area contributed by atoms with Crippen LogP contribution in [0.2, 0.25) is 0 Å². The van der Waals surface area contributed by atoms with E-state index in [4.69, 9.17) is 0 Å². The van der Waals surface area contributed by atoms with E-state index in [-0.39, 0.29) is 11.5 Å². The molecule has 9 heteroatoms. The van der Waals surface area contributed by atoms with Gasteiger partial charge in [-0.1, -0.05) is 36.1 Å². The van der Waals surface area contributed by atoms with Gasteiger partial charge in [0.25, 0.3) is 11.8 Å². The number of benzene rings is 2. The number of carbonyl (C=O) groups excluding carboxylic acids is 2. The van der Waals surface area contributed by atoms with E-state index in [1.807, 2.05) is 6.92 Å². The van der Waals surface area contributed by atoms with Crippen LogP contribution in [-0.4, -0.2) is 37.0 Å². The summed E-state index contributed by atoms with van der Waals surface area (Å²) in [5.41, 5.74) is 3.15. The maximum atomic E-state index is 12.9. The molecule has 180 valence electrons. The van der Waals surface area contributed by atoms with E-state index in [1.165, 1.54) is 23.3 Å². The van der Waals surface area contributed by atoms with Gasteiger partial charge in [0.05, 0.1) is 21.0 Å². The van der Waals surface area contributed by atoms with E-state index in [0.29, 0.717) is 27.4 Å². The average molecular weight is 498 g/mol. The van der Waals surface area contributed by atoms with Crippen molar-refractivity contribution in [3.05, 3.63) is 107 Å². The number of hydrogen-bond donors (Lipinski definition) is 1. The fourth-order valence-electron chi connectivity index (χ4n) is 3.40. The van der Waals surface area contributed by atoms with Crippen molar-refractivity contribution in [3.63, 3.8) is 0 Å². The normalized spacial score (nSPS) is 12.1. The highest BCUT2D eigenvalue weighted by Gasteiger charge is 2.13. The van der Waals surface area contributed by atoms with Crippen LogP contribution in [0, 0.1) is 18.8 Å². The lowest BCUT2D eigenvalue weighted by atomic mass is 10.1. The summed E-state index contributed by atoms with van der Waals surface area (Å²) in [7, 11) is -1.18. The van der Waals surface area contributed by atoms with E-state index < -0.39 is 15.6 Å². The molecule has 0 aliphatic carbocycles. The van der Waals surface area contributed by atoms with Gasteiger partial charge in [0.2, 0.25) is 0 Å². The number of hydrogen-bond acceptors (Lipinski definition) is 5. The smallest absolute Gasteiger partial charge is 0.286 e. The summed E-state index contributed by atoms with van der Waals surface area (Å²) in [6, 6.07) is 19.0. The minimum Gasteiger partial charge on any atom is -0.321 e. The largest absolute Gasteiger partial charge is 0.321 e. The van der Waals surface area contributed by atoms with Crippen LogP contribution in [0.25, 0.3) is 0 Å². The van der Waals surface area contributed by atoms with Crippen LogP contribution in [0.4, 0.5) is 5.69 Å². The highest BCUT2D eigenvalue weighted by atomic mass is 32.2. The van der Waals surface area contributed by atoms with Crippen molar-refractivity contribution in [1.29, 1.82) is 0 Å². The molecular formula is C27H23N5O3S. The molecular weight excluding hydrogens is 474 g/mol. The molecule has 0 unspecified atom stereocenters. The van der Waals surface area contributed by atoms with Crippen LogP contribution in [0.3, 0.4) is 0 Å². The molecule has 4 rings (SSSR count). The summed E-state index contributed by atoms with van der Waals surface area (Å²) in [5.74, 6) is 5.08. The Morgan fingerprint density at radius 3 is 2.44 bits per heavy atom. The van der Waals surface area contributed by atoms with E-state index in [9.17, 15) is 13.8 Å². The lowest BCUT2D eigenvalue weighted by molar-refractivity contribution is 0.0999.